The van der Waals surface area contributed by atoms with Crippen molar-refractivity contribution in [1.29, 1.82) is 0 Å². The number of rotatable bonds is 3. The van der Waals surface area contributed by atoms with Gasteiger partial charge < -0.3 is 5.11 Å². The van der Waals surface area contributed by atoms with Gasteiger partial charge in [-0.15, -0.1) is 0 Å². The maximum atomic E-state index is 10.2. The maximum Gasteiger partial charge on any atom is 0.285 e. The van der Waals surface area contributed by atoms with Crippen molar-refractivity contribution in [3.63, 3.8) is 0 Å². The number of aliphatic hydroxyl groups is 1. The summed E-state index contributed by atoms with van der Waals surface area (Å²) < 4.78 is 0. The topological polar surface area (TPSA) is 75.5 Å². The molecule has 0 radical (unpaired) electrons. The van der Waals surface area contributed by atoms with E-state index in [1.165, 1.54) is 24.5 Å². The summed E-state index contributed by atoms with van der Waals surface area (Å²) in [7, 11) is 0. The van der Waals surface area contributed by atoms with E-state index in [0.717, 1.165) is 0 Å². The molecule has 0 aromatic carbocycles. The Labute approximate surface area is 91.9 Å². The SMILES string of the molecule is OOC(O)(c1ccccn1)c1ccccn1. The number of nitrogens with zero attached hydrogens (tertiary/aromatic N) is 2. The Morgan fingerprint density at radius 2 is 1.44 bits per heavy atom. The van der Waals surface area contributed by atoms with Gasteiger partial charge in [-0.1, -0.05) is 12.1 Å². The largest absolute Gasteiger partial charge is 0.354 e. The molecule has 0 bridgehead atoms. The summed E-state index contributed by atoms with van der Waals surface area (Å²) in [6.07, 6.45) is 2.98. The van der Waals surface area contributed by atoms with Crippen LogP contribution in [0.25, 0.3) is 0 Å². The predicted octanol–water partition coefficient (Wildman–Crippen LogP) is 1.16. The van der Waals surface area contributed by atoms with Gasteiger partial charge in [-0.2, -0.15) is 4.89 Å². The van der Waals surface area contributed by atoms with Gasteiger partial charge in [0.15, 0.2) is 0 Å². The van der Waals surface area contributed by atoms with Crippen LogP contribution in [-0.2, 0) is 10.7 Å². The van der Waals surface area contributed by atoms with Gasteiger partial charge in [0.05, 0.1) is 0 Å². The minimum absolute atomic E-state index is 0.163. The van der Waals surface area contributed by atoms with Gasteiger partial charge in [0.25, 0.3) is 5.79 Å². The molecule has 0 unspecified atom stereocenters. The molecule has 0 aliphatic rings. The molecule has 0 saturated heterocycles. The lowest BCUT2D eigenvalue weighted by Crippen LogP contribution is -2.31. The van der Waals surface area contributed by atoms with E-state index in [-0.39, 0.29) is 11.4 Å². The molecule has 0 atom stereocenters. The Morgan fingerprint density at radius 3 is 1.75 bits per heavy atom. The van der Waals surface area contributed by atoms with Crippen LogP contribution in [0, 0.1) is 0 Å². The molecule has 2 aromatic rings. The molecule has 2 N–H and O–H groups in total. The lowest BCUT2D eigenvalue weighted by atomic mass is 10.1. The number of hydrogen-bond acceptors (Lipinski definition) is 5. The molecule has 16 heavy (non-hydrogen) atoms. The first kappa shape index (κ1) is 10.7. The van der Waals surface area contributed by atoms with Crippen LogP contribution < -0.4 is 0 Å². The molecular weight excluding hydrogens is 208 g/mol. The summed E-state index contributed by atoms with van der Waals surface area (Å²) in [5.41, 5.74) is 0.326. The Balaban J connectivity index is 2.49. The fourth-order valence-corrected chi connectivity index (χ4v) is 1.35. The summed E-state index contributed by atoms with van der Waals surface area (Å²) in [6, 6.07) is 9.81. The third-order valence-electron chi connectivity index (χ3n) is 2.16. The summed E-state index contributed by atoms with van der Waals surface area (Å²) in [6.45, 7) is 0. The zero-order valence-electron chi connectivity index (χ0n) is 8.32. The lowest BCUT2D eigenvalue weighted by Gasteiger charge is -2.22. The van der Waals surface area contributed by atoms with Crippen LogP contribution in [0.4, 0.5) is 0 Å². The molecule has 82 valence electrons. The second kappa shape index (κ2) is 4.36. The highest BCUT2D eigenvalue weighted by atomic mass is 17.1. The van der Waals surface area contributed by atoms with Gasteiger partial charge in [0, 0.05) is 12.4 Å². The first-order valence-corrected chi connectivity index (χ1v) is 4.65. The molecule has 0 spiro atoms. The van der Waals surface area contributed by atoms with E-state index < -0.39 is 5.79 Å². The fraction of sp³-hybridized carbons (Fsp3) is 0.0909. The van der Waals surface area contributed by atoms with E-state index in [1.807, 2.05) is 0 Å². The van der Waals surface area contributed by atoms with Gasteiger partial charge >= 0.3 is 0 Å². The minimum atomic E-state index is -2.04. The van der Waals surface area contributed by atoms with Crippen molar-refractivity contribution in [2.45, 2.75) is 5.79 Å². The number of hydrogen-bond donors (Lipinski definition) is 2. The Kier molecular flexibility index (Phi) is 2.91. The minimum Gasteiger partial charge on any atom is -0.354 e. The van der Waals surface area contributed by atoms with Crippen LogP contribution in [-0.4, -0.2) is 20.3 Å². The first-order valence-electron chi connectivity index (χ1n) is 4.65. The number of aromatic nitrogens is 2. The van der Waals surface area contributed by atoms with Crippen molar-refractivity contribution < 1.29 is 15.3 Å². The highest BCUT2D eigenvalue weighted by molar-refractivity contribution is 5.23. The second-order valence-electron chi connectivity index (χ2n) is 3.17. The number of pyridine rings is 2. The standard InChI is InChI=1S/C11H10N2O3/c14-11(16-15,9-5-1-3-7-12-9)10-6-2-4-8-13-10/h1-8,14-15H. The van der Waals surface area contributed by atoms with E-state index in [1.54, 1.807) is 24.3 Å². The molecule has 0 saturated carbocycles. The van der Waals surface area contributed by atoms with E-state index in [2.05, 4.69) is 14.9 Å². The van der Waals surface area contributed by atoms with Crippen molar-refractivity contribution in [2.24, 2.45) is 0 Å². The second-order valence-corrected chi connectivity index (χ2v) is 3.17. The summed E-state index contributed by atoms with van der Waals surface area (Å²) in [5.74, 6) is -2.04. The molecule has 5 nitrogen and oxygen atoms in total. The van der Waals surface area contributed by atoms with Crippen molar-refractivity contribution in [2.75, 3.05) is 0 Å². The van der Waals surface area contributed by atoms with Crippen LogP contribution in [0.1, 0.15) is 11.4 Å². The molecule has 0 amide bonds. The lowest BCUT2D eigenvalue weighted by molar-refractivity contribution is -0.385. The smallest absolute Gasteiger partial charge is 0.285 e. The average molecular weight is 218 g/mol. The van der Waals surface area contributed by atoms with Crippen molar-refractivity contribution in [3.05, 3.63) is 60.2 Å². The molecule has 5 heteroatoms. The zero-order valence-corrected chi connectivity index (χ0v) is 8.32. The molecule has 2 rings (SSSR count). The quantitative estimate of drug-likeness (QED) is 0.459. The third kappa shape index (κ3) is 1.79. The van der Waals surface area contributed by atoms with Crippen molar-refractivity contribution in [1.82, 2.24) is 9.97 Å². The first-order chi connectivity index (χ1) is 7.77. The van der Waals surface area contributed by atoms with Gasteiger partial charge in [-0.25, -0.2) is 5.26 Å². The molecule has 0 fully saturated rings. The van der Waals surface area contributed by atoms with Gasteiger partial charge in [-0.3, -0.25) is 9.97 Å². The molecule has 0 aliphatic carbocycles. The highest BCUT2D eigenvalue weighted by Crippen LogP contribution is 2.26. The van der Waals surface area contributed by atoms with Crippen LogP contribution in [0.15, 0.2) is 48.8 Å². The van der Waals surface area contributed by atoms with Gasteiger partial charge in [0.2, 0.25) is 0 Å². The van der Waals surface area contributed by atoms with E-state index in [0.29, 0.717) is 0 Å². The summed E-state index contributed by atoms with van der Waals surface area (Å²) in [5, 5.41) is 19.0. The van der Waals surface area contributed by atoms with Crippen molar-refractivity contribution >= 4 is 0 Å². The van der Waals surface area contributed by atoms with E-state index in [4.69, 9.17) is 5.26 Å². The third-order valence-corrected chi connectivity index (χ3v) is 2.16. The Bertz CT molecular complexity index is 408. The van der Waals surface area contributed by atoms with Gasteiger partial charge in [-0.05, 0) is 24.3 Å². The van der Waals surface area contributed by atoms with Crippen LogP contribution in [0.2, 0.25) is 0 Å². The highest BCUT2D eigenvalue weighted by Gasteiger charge is 2.36. The van der Waals surface area contributed by atoms with E-state index in [9.17, 15) is 5.11 Å². The summed E-state index contributed by atoms with van der Waals surface area (Å²) in [4.78, 5) is 12.0. The summed E-state index contributed by atoms with van der Waals surface area (Å²) >= 11 is 0. The van der Waals surface area contributed by atoms with E-state index >= 15 is 0 Å². The monoisotopic (exact) mass is 218 g/mol. The normalized spacial score (nSPS) is 11.4. The molecule has 0 aliphatic heterocycles. The molecule has 2 heterocycles. The molecule has 2 aromatic heterocycles. The average Bonchev–Trinajstić information content (AvgIpc) is 2.40. The Hall–Kier alpha value is -1.82. The van der Waals surface area contributed by atoms with Crippen LogP contribution in [0.5, 0.6) is 0 Å². The molecular formula is C11H10N2O3. The zero-order chi connectivity index (χ0) is 11.4. The van der Waals surface area contributed by atoms with Crippen molar-refractivity contribution in [3.8, 4) is 0 Å². The van der Waals surface area contributed by atoms with Gasteiger partial charge in [0.1, 0.15) is 11.4 Å². The predicted molar refractivity (Wildman–Crippen MR) is 55.2 cm³/mol. The van der Waals surface area contributed by atoms with Crippen LogP contribution in [0.3, 0.4) is 0 Å². The fourth-order valence-electron chi connectivity index (χ4n) is 1.35. The van der Waals surface area contributed by atoms with Crippen LogP contribution >= 0.6 is 0 Å². The maximum absolute atomic E-state index is 10.2. The Morgan fingerprint density at radius 1 is 0.938 bits per heavy atom.